The van der Waals surface area contributed by atoms with Crippen LogP contribution >= 0.6 is 0 Å². The summed E-state index contributed by atoms with van der Waals surface area (Å²) in [4.78, 5) is 11.3. The second-order valence-corrected chi connectivity index (χ2v) is 7.02. The van der Waals surface area contributed by atoms with Crippen LogP contribution in [0.25, 0.3) is 17.0 Å². The van der Waals surface area contributed by atoms with E-state index in [1.54, 1.807) is 18.3 Å². The number of hydrogen-bond donors (Lipinski definition) is 2. The molecule has 0 aliphatic carbocycles. The second kappa shape index (κ2) is 7.11. The summed E-state index contributed by atoms with van der Waals surface area (Å²) in [7, 11) is 2.11. The predicted molar refractivity (Wildman–Crippen MR) is 98.9 cm³/mol. The Bertz CT molecular complexity index is 891. The number of aromatic nitrogens is 3. The van der Waals surface area contributed by atoms with E-state index in [0.29, 0.717) is 17.9 Å². The molecule has 136 valence electrons. The molecule has 1 fully saturated rings. The van der Waals surface area contributed by atoms with E-state index >= 15 is 0 Å². The lowest BCUT2D eigenvalue weighted by atomic mass is 10.1. The number of benzene rings is 1. The summed E-state index contributed by atoms with van der Waals surface area (Å²) >= 11 is 0. The number of rotatable bonds is 5. The van der Waals surface area contributed by atoms with Crippen molar-refractivity contribution < 1.29 is 4.39 Å². The van der Waals surface area contributed by atoms with Gasteiger partial charge in [0.2, 0.25) is 5.78 Å². The van der Waals surface area contributed by atoms with E-state index in [2.05, 4.69) is 39.7 Å². The zero-order valence-corrected chi connectivity index (χ0v) is 15.0. The maximum Gasteiger partial charge on any atom is 0.234 e. The summed E-state index contributed by atoms with van der Waals surface area (Å²) in [5.41, 5.74) is 9.41. The molecular formula is C19H23FN6. The molecule has 0 bridgehead atoms. The number of likely N-dealkylation sites (N-methyl/N-ethyl adjacent to an activating group) is 1. The third-order valence-electron chi connectivity index (χ3n) is 4.74. The normalized spacial score (nSPS) is 20.3. The van der Waals surface area contributed by atoms with Crippen LogP contribution in [-0.4, -0.2) is 44.9 Å². The maximum atomic E-state index is 13.3. The molecule has 1 aromatic carbocycles. The molecule has 1 aliphatic heterocycles. The number of hydrazine groups is 1. The minimum absolute atomic E-state index is 0.247. The first kappa shape index (κ1) is 17.1. The number of hydrogen-bond acceptors (Lipinski definition) is 5. The Hall–Kier alpha value is -2.35. The van der Waals surface area contributed by atoms with E-state index in [4.69, 9.17) is 0 Å². The van der Waals surface area contributed by atoms with Gasteiger partial charge in [-0.05, 0) is 50.7 Å². The largest absolute Gasteiger partial charge is 0.299 e. The van der Waals surface area contributed by atoms with Crippen LogP contribution < -0.4 is 10.9 Å². The van der Waals surface area contributed by atoms with Gasteiger partial charge in [-0.3, -0.25) is 20.2 Å². The van der Waals surface area contributed by atoms with Gasteiger partial charge in [-0.2, -0.15) is 0 Å². The van der Waals surface area contributed by atoms with Gasteiger partial charge in [0.15, 0.2) is 0 Å². The molecule has 0 radical (unpaired) electrons. The van der Waals surface area contributed by atoms with Gasteiger partial charge in [-0.15, -0.1) is 0 Å². The summed E-state index contributed by atoms with van der Waals surface area (Å²) in [5, 5.41) is 0. The van der Waals surface area contributed by atoms with Crippen molar-refractivity contribution in [1.82, 2.24) is 30.1 Å². The number of imidazole rings is 1. The summed E-state index contributed by atoms with van der Waals surface area (Å²) in [5.74, 6) is 0.410. The molecule has 26 heavy (non-hydrogen) atoms. The minimum Gasteiger partial charge on any atom is -0.299 e. The van der Waals surface area contributed by atoms with E-state index in [9.17, 15) is 4.39 Å². The van der Waals surface area contributed by atoms with Crippen LogP contribution in [0.5, 0.6) is 0 Å². The molecule has 2 aromatic heterocycles. The van der Waals surface area contributed by atoms with Crippen LogP contribution in [-0.2, 0) is 6.54 Å². The van der Waals surface area contributed by atoms with E-state index in [1.165, 1.54) is 12.1 Å². The van der Waals surface area contributed by atoms with Gasteiger partial charge < -0.3 is 0 Å². The fourth-order valence-electron chi connectivity index (χ4n) is 3.55. The van der Waals surface area contributed by atoms with Gasteiger partial charge in [0.05, 0.1) is 11.4 Å². The highest BCUT2D eigenvalue weighted by Crippen LogP contribution is 2.25. The minimum atomic E-state index is -0.247. The summed E-state index contributed by atoms with van der Waals surface area (Å²) in [6.45, 7) is 3.83. The molecule has 0 spiro atoms. The van der Waals surface area contributed by atoms with E-state index < -0.39 is 0 Å². The van der Waals surface area contributed by atoms with Crippen molar-refractivity contribution in [3.05, 3.63) is 54.2 Å². The highest BCUT2D eigenvalue weighted by atomic mass is 19.1. The Labute approximate surface area is 152 Å². The standard InChI is InChI=1S/C19H23FN6/c1-13-10-16(24-23-13)11-25(2)12-17-18(14-4-6-15(20)7-5-14)22-19-21-8-3-9-26(17)19/h3-9,13,16,23-24H,10-12H2,1-2H3. The number of fused-ring (bicyclic) bond motifs is 1. The molecule has 0 amide bonds. The Kier molecular flexibility index (Phi) is 4.67. The summed E-state index contributed by atoms with van der Waals surface area (Å²) in [6, 6.07) is 9.28. The molecule has 2 N–H and O–H groups in total. The third kappa shape index (κ3) is 3.46. The predicted octanol–water partition coefficient (Wildman–Crippen LogP) is 2.22. The molecular weight excluding hydrogens is 331 g/mol. The first-order valence-electron chi connectivity index (χ1n) is 8.87. The van der Waals surface area contributed by atoms with E-state index in [1.807, 2.05) is 16.7 Å². The third-order valence-corrected chi connectivity index (χ3v) is 4.74. The lowest BCUT2D eigenvalue weighted by Crippen LogP contribution is -2.39. The van der Waals surface area contributed by atoms with Crippen LogP contribution in [0, 0.1) is 5.82 Å². The Morgan fingerprint density at radius 1 is 1.27 bits per heavy atom. The van der Waals surface area contributed by atoms with Gasteiger partial charge >= 0.3 is 0 Å². The molecule has 1 aliphatic rings. The van der Waals surface area contributed by atoms with Crippen molar-refractivity contribution in [2.24, 2.45) is 0 Å². The quantitative estimate of drug-likeness (QED) is 0.736. The maximum absolute atomic E-state index is 13.3. The number of nitrogens with one attached hydrogen (secondary N) is 2. The SMILES string of the molecule is CC1CC(CN(C)Cc2c(-c3ccc(F)cc3)nc3ncccn23)NN1. The molecule has 3 aromatic rings. The van der Waals surface area contributed by atoms with Gasteiger partial charge in [0.25, 0.3) is 0 Å². The highest BCUT2D eigenvalue weighted by molar-refractivity contribution is 5.65. The van der Waals surface area contributed by atoms with Gasteiger partial charge in [0.1, 0.15) is 5.82 Å². The van der Waals surface area contributed by atoms with Crippen molar-refractivity contribution in [2.45, 2.75) is 32.0 Å². The monoisotopic (exact) mass is 354 g/mol. The zero-order valence-electron chi connectivity index (χ0n) is 15.0. The van der Waals surface area contributed by atoms with Crippen LogP contribution in [0.4, 0.5) is 4.39 Å². The van der Waals surface area contributed by atoms with E-state index in [0.717, 1.165) is 36.5 Å². The molecule has 2 unspecified atom stereocenters. The van der Waals surface area contributed by atoms with Gasteiger partial charge in [-0.1, -0.05) is 0 Å². The summed E-state index contributed by atoms with van der Waals surface area (Å²) < 4.78 is 15.3. The Balaban J connectivity index is 1.64. The molecule has 3 heterocycles. The fourth-order valence-corrected chi connectivity index (χ4v) is 3.55. The van der Waals surface area contributed by atoms with Crippen molar-refractivity contribution in [3.63, 3.8) is 0 Å². The van der Waals surface area contributed by atoms with Crippen LogP contribution in [0.1, 0.15) is 19.0 Å². The lowest BCUT2D eigenvalue weighted by molar-refractivity contribution is 0.286. The van der Waals surface area contributed by atoms with Gasteiger partial charge in [-0.25, -0.2) is 14.4 Å². The molecule has 1 saturated heterocycles. The topological polar surface area (TPSA) is 57.5 Å². The van der Waals surface area contributed by atoms with Gasteiger partial charge in [0, 0.05) is 43.1 Å². The average Bonchev–Trinajstić information content (AvgIpc) is 3.19. The highest BCUT2D eigenvalue weighted by Gasteiger charge is 2.23. The van der Waals surface area contributed by atoms with Crippen LogP contribution in [0.3, 0.4) is 0 Å². The van der Waals surface area contributed by atoms with Crippen LogP contribution in [0.15, 0.2) is 42.7 Å². The second-order valence-electron chi connectivity index (χ2n) is 7.02. The summed E-state index contributed by atoms with van der Waals surface area (Å²) in [6.07, 6.45) is 4.81. The first-order valence-corrected chi connectivity index (χ1v) is 8.87. The van der Waals surface area contributed by atoms with Crippen LogP contribution in [0.2, 0.25) is 0 Å². The molecule has 2 atom stereocenters. The lowest BCUT2D eigenvalue weighted by Gasteiger charge is -2.21. The molecule has 4 rings (SSSR count). The Morgan fingerprint density at radius 2 is 2.08 bits per heavy atom. The fraction of sp³-hybridized carbons (Fsp3) is 0.368. The van der Waals surface area contributed by atoms with Crippen molar-refractivity contribution in [3.8, 4) is 11.3 Å². The average molecular weight is 354 g/mol. The smallest absolute Gasteiger partial charge is 0.234 e. The van der Waals surface area contributed by atoms with Crippen molar-refractivity contribution in [1.29, 1.82) is 0 Å². The molecule has 7 heteroatoms. The van der Waals surface area contributed by atoms with E-state index in [-0.39, 0.29) is 5.82 Å². The number of halogens is 1. The molecule has 6 nitrogen and oxygen atoms in total. The zero-order chi connectivity index (χ0) is 18.1. The van der Waals surface area contributed by atoms with Crippen molar-refractivity contribution in [2.75, 3.05) is 13.6 Å². The molecule has 0 saturated carbocycles. The van der Waals surface area contributed by atoms with Crippen molar-refractivity contribution >= 4 is 5.78 Å². The Morgan fingerprint density at radius 3 is 2.81 bits per heavy atom. The number of nitrogens with zero attached hydrogens (tertiary/aromatic N) is 4. The first-order chi connectivity index (χ1) is 12.6.